The molecule has 0 saturated carbocycles. The Labute approximate surface area is 111 Å². The molecule has 0 fully saturated rings. The molecular formula is C13H6BrF2NO. The molecule has 0 radical (unpaired) electrons. The number of rotatable bonds is 2. The molecule has 2 aromatic rings. The van der Waals surface area contributed by atoms with E-state index in [4.69, 9.17) is 10.00 Å². The van der Waals surface area contributed by atoms with Crippen LogP contribution in [0.2, 0.25) is 0 Å². The average molecular weight is 310 g/mol. The van der Waals surface area contributed by atoms with Crippen molar-refractivity contribution in [2.24, 2.45) is 0 Å². The molecule has 0 saturated heterocycles. The highest BCUT2D eigenvalue weighted by Crippen LogP contribution is 2.27. The maximum atomic E-state index is 13.0. The summed E-state index contributed by atoms with van der Waals surface area (Å²) in [6.45, 7) is 0. The highest BCUT2D eigenvalue weighted by Gasteiger charge is 2.05. The molecule has 2 nitrogen and oxygen atoms in total. The summed E-state index contributed by atoms with van der Waals surface area (Å²) in [6.07, 6.45) is 0. The Morgan fingerprint density at radius 2 is 1.67 bits per heavy atom. The molecule has 0 aliphatic carbocycles. The third-order valence-electron chi connectivity index (χ3n) is 2.13. The van der Waals surface area contributed by atoms with Crippen LogP contribution in [-0.4, -0.2) is 0 Å². The largest absolute Gasteiger partial charge is 0.457 e. The Balaban J connectivity index is 2.29. The SMILES string of the molecule is N#Cc1ccc(Oc2cc(F)cc(F)c2)cc1Br. The predicted octanol–water partition coefficient (Wildman–Crippen LogP) is 4.39. The average Bonchev–Trinajstić information content (AvgIpc) is 2.27. The van der Waals surface area contributed by atoms with Crippen molar-refractivity contribution >= 4 is 15.9 Å². The molecule has 90 valence electrons. The van der Waals surface area contributed by atoms with Crippen LogP contribution in [0.4, 0.5) is 8.78 Å². The van der Waals surface area contributed by atoms with Gasteiger partial charge in [0.15, 0.2) is 0 Å². The van der Waals surface area contributed by atoms with E-state index in [0.717, 1.165) is 18.2 Å². The van der Waals surface area contributed by atoms with Gasteiger partial charge in [0.1, 0.15) is 29.2 Å². The summed E-state index contributed by atoms with van der Waals surface area (Å²) in [6, 6.07) is 9.56. The van der Waals surface area contributed by atoms with Gasteiger partial charge >= 0.3 is 0 Å². The van der Waals surface area contributed by atoms with Crippen LogP contribution < -0.4 is 4.74 Å². The van der Waals surface area contributed by atoms with Gasteiger partial charge in [0.05, 0.1) is 5.56 Å². The monoisotopic (exact) mass is 309 g/mol. The van der Waals surface area contributed by atoms with E-state index in [1.165, 1.54) is 0 Å². The zero-order valence-corrected chi connectivity index (χ0v) is 10.5. The quantitative estimate of drug-likeness (QED) is 0.824. The third kappa shape index (κ3) is 2.84. The van der Waals surface area contributed by atoms with Gasteiger partial charge in [-0.1, -0.05) is 0 Å². The zero-order chi connectivity index (χ0) is 13.1. The minimum Gasteiger partial charge on any atom is -0.457 e. The van der Waals surface area contributed by atoms with Crippen molar-refractivity contribution in [3.05, 3.63) is 58.1 Å². The third-order valence-corrected chi connectivity index (χ3v) is 2.79. The highest BCUT2D eigenvalue weighted by molar-refractivity contribution is 9.10. The van der Waals surface area contributed by atoms with Crippen LogP contribution in [0.15, 0.2) is 40.9 Å². The number of nitriles is 1. The van der Waals surface area contributed by atoms with Crippen LogP contribution >= 0.6 is 15.9 Å². The zero-order valence-electron chi connectivity index (χ0n) is 8.95. The summed E-state index contributed by atoms with van der Waals surface area (Å²) in [5, 5.41) is 8.75. The molecule has 0 amide bonds. The second-order valence-corrected chi connectivity index (χ2v) is 4.32. The minimum absolute atomic E-state index is 0.0594. The Morgan fingerprint density at radius 1 is 1.00 bits per heavy atom. The lowest BCUT2D eigenvalue weighted by Crippen LogP contribution is -1.88. The smallest absolute Gasteiger partial charge is 0.133 e. The molecule has 5 heteroatoms. The summed E-state index contributed by atoms with van der Waals surface area (Å²) in [4.78, 5) is 0. The fraction of sp³-hybridized carbons (Fsp3) is 0. The van der Waals surface area contributed by atoms with Crippen molar-refractivity contribution in [2.45, 2.75) is 0 Å². The van der Waals surface area contributed by atoms with E-state index in [1.54, 1.807) is 18.2 Å². The molecule has 0 bridgehead atoms. The van der Waals surface area contributed by atoms with Crippen molar-refractivity contribution in [3.63, 3.8) is 0 Å². The summed E-state index contributed by atoms with van der Waals surface area (Å²) in [7, 11) is 0. The molecule has 0 aliphatic rings. The van der Waals surface area contributed by atoms with E-state index >= 15 is 0 Å². The normalized spacial score (nSPS) is 9.89. The molecule has 0 N–H and O–H groups in total. The van der Waals surface area contributed by atoms with E-state index in [0.29, 0.717) is 15.8 Å². The lowest BCUT2D eigenvalue weighted by atomic mass is 10.2. The minimum atomic E-state index is -0.710. The maximum Gasteiger partial charge on any atom is 0.133 e. The summed E-state index contributed by atoms with van der Waals surface area (Å²) in [5.74, 6) is -0.981. The molecule has 2 rings (SSSR count). The van der Waals surface area contributed by atoms with E-state index in [2.05, 4.69) is 15.9 Å². The van der Waals surface area contributed by atoms with Crippen molar-refractivity contribution in [1.82, 2.24) is 0 Å². The van der Waals surface area contributed by atoms with Gasteiger partial charge in [-0.2, -0.15) is 5.26 Å². The first kappa shape index (κ1) is 12.5. The van der Waals surface area contributed by atoms with Crippen LogP contribution in [0.25, 0.3) is 0 Å². The molecule has 0 heterocycles. The summed E-state index contributed by atoms with van der Waals surface area (Å²) < 4.78 is 31.8. The van der Waals surface area contributed by atoms with Gasteiger partial charge in [0, 0.05) is 22.7 Å². The van der Waals surface area contributed by atoms with Crippen LogP contribution in [0.1, 0.15) is 5.56 Å². The van der Waals surface area contributed by atoms with E-state index in [1.807, 2.05) is 6.07 Å². The summed E-state index contributed by atoms with van der Waals surface area (Å²) >= 11 is 3.20. The first-order valence-electron chi connectivity index (χ1n) is 4.92. The van der Waals surface area contributed by atoms with Gasteiger partial charge in [-0.15, -0.1) is 0 Å². The van der Waals surface area contributed by atoms with Gasteiger partial charge in [-0.3, -0.25) is 0 Å². The number of hydrogen-bond acceptors (Lipinski definition) is 2. The second-order valence-electron chi connectivity index (χ2n) is 3.46. The van der Waals surface area contributed by atoms with E-state index < -0.39 is 11.6 Å². The van der Waals surface area contributed by atoms with E-state index in [-0.39, 0.29) is 5.75 Å². The Kier molecular flexibility index (Phi) is 3.58. The molecule has 0 spiro atoms. The molecule has 2 aromatic carbocycles. The first-order chi connectivity index (χ1) is 8.58. The van der Waals surface area contributed by atoms with Crippen molar-refractivity contribution in [2.75, 3.05) is 0 Å². The van der Waals surface area contributed by atoms with Crippen LogP contribution in [-0.2, 0) is 0 Å². The van der Waals surface area contributed by atoms with Gasteiger partial charge in [0.2, 0.25) is 0 Å². The van der Waals surface area contributed by atoms with Crippen molar-refractivity contribution in [3.8, 4) is 17.6 Å². The van der Waals surface area contributed by atoms with Crippen LogP contribution in [0, 0.1) is 23.0 Å². The lowest BCUT2D eigenvalue weighted by molar-refractivity contribution is 0.468. The second kappa shape index (κ2) is 5.15. The fourth-order valence-corrected chi connectivity index (χ4v) is 1.82. The van der Waals surface area contributed by atoms with Crippen LogP contribution in [0.5, 0.6) is 11.5 Å². The van der Waals surface area contributed by atoms with E-state index in [9.17, 15) is 8.78 Å². The lowest BCUT2D eigenvalue weighted by Gasteiger charge is -2.07. The standard InChI is InChI=1S/C13H6BrF2NO/c14-13-6-11(2-1-8(13)7-17)18-12-4-9(15)3-10(16)5-12/h1-6H. The number of halogens is 3. The Bertz CT molecular complexity index is 617. The fourth-order valence-electron chi connectivity index (χ4n) is 1.37. The molecular weight excluding hydrogens is 304 g/mol. The maximum absolute atomic E-state index is 13.0. The number of hydrogen-bond donors (Lipinski definition) is 0. The highest BCUT2D eigenvalue weighted by atomic mass is 79.9. The van der Waals surface area contributed by atoms with Crippen LogP contribution in [0.3, 0.4) is 0 Å². The Hall–Kier alpha value is -1.93. The first-order valence-corrected chi connectivity index (χ1v) is 5.71. The molecule has 0 aliphatic heterocycles. The summed E-state index contributed by atoms with van der Waals surface area (Å²) in [5.41, 5.74) is 0.452. The number of benzene rings is 2. The van der Waals surface area contributed by atoms with Gasteiger partial charge in [-0.05, 0) is 34.1 Å². The molecule has 0 unspecified atom stereocenters. The number of nitrogens with zero attached hydrogens (tertiary/aromatic N) is 1. The van der Waals surface area contributed by atoms with Gasteiger partial charge in [0.25, 0.3) is 0 Å². The topological polar surface area (TPSA) is 33.0 Å². The molecule has 18 heavy (non-hydrogen) atoms. The van der Waals surface area contributed by atoms with Crippen molar-refractivity contribution in [1.29, 1.82) is 5.26 Å². The molecule has 0 atom stereocenters. The van der Waals surface area contributed by atoms with Crippen molar-refractivity contribution < 1.29 is 13.5 Å². The van der Waals surface area contributed by atoms with Gasteiger partial charge in [-0.25, -0.2) is 8.78 Å². The van der Waals surface area contributed by atoms with Gasteiger partial charge < -0.3 is 4.74 Å². The number of ether oxygens (including phenoxy) is 1. The Morgan fingerprint density at radius 3 is 2.22 bits per heavy atom. The molecule has 0 aromatic heterocycles. The predicted molar refractivity (Wildman–Crippen MR) is 65.3 cm³/mol.